The topological polar surface area (TPSA) is 27.3 Å². The van der Waals surface area contributed by atoms with E-state index in [4.69, 9.17) is 0 Å². The fraction of sp³-hybridized carbons (Fsp3) is 0.625. The minimum atomic E-state index is 0.513. The van der Waals surface area contributed by atoms with Crippen LogP contribution < -0.4 is 15.5 Å². The number of nitrogens with one attached hydrogen (secondary N) is 2. The van der Waals surface area contributed by atoms with E-state index in [9.17, 15) is 0 Å². The van der Waals surface area contributed by atoms with Crippen molar-refractivity contribution in [3.63, 3.8) is 0 Å². The number of benzene rings is 1. The maximum atomic E-state index is 3.64. The largest absolute Gasteiger partial charge is 0.382 e. The normalized spacial score (nSPS) is 20.3. The van der Waals surface area contributed by atoms with Gasteiger partial charge in [-0.2, -0.15) is 0 Å². The van der Waals surface area contributed by atoms with Crippen LogP contribution in [-0.4, -0.2) is 32.7 Å². The van der Waals surface area contributed by atoms with Crippen LogP contribution in [0.5, 0.6) is 0 Å². The second-order valence-corrected chi connectivity index (χ2v) is 5.97. The summed E-state index contributed by atoms with van der Waals surface area (Å²) in [4.78, 5) is 2.14. The summed E-state index contributed by atoms with van der Waals surface area (Å²) in [5, 5.41) is 7.21. The monoisotopic (exact) mass is 261 g/mol. The molecule has 1 fully saturated rings. The molecule has 1 heterocycles. The molecule has 1 saturated heterocycles. The summed E-state index contributed by atoms with van der Waals surface area (Å²) in [5.41, 5.74) is 3.83. The quantitative estimate of drug-likeness (QED) is 0.853. The van der Waals surface area contributed by atoms with Crippen molar-refractivity contribution in [1.29, 1.82) is 0 Å². The molecule has 1 aromatic carbocycles. The van der Waals surface area contributed by atoms with E-state index in [1.165, 1.54) is 42.7 Å². The van der Waals surface area contributed by atoms with Gasteiger partial charge in [-0.1, -0.05) is 0 Å². The van der Waals surface area contributed by atoms with Gasteiger partial charge in [0.25, 0.3) is 0 Å². The second kappa shape index (κ2) is 6.29. The van der Waals surface area contributed by atoms with Crippen molar-refractivity contribution in [2.45, 2.75) is 45.2 Å². The maximum absolute atomic E-state index is 3.64. The zero-order chi connectivity index (χ0) is 13.8. The van der Waals surface area contributed by atoms with Gasteiger partial charge in [-0.05, 0) is 63.4 Å². The minimum absolute atomic E-state index is 0.513. The lowest BCUT2D eigenvalue weighted by Crippen LogP contribution is -2.29. The van der Waals surface area contributed by atoms with Crippen molar-refractivity contribution >= 4 is 11.4 Å². The molecular weight excluding hydrogens is 234 g/mol. The van der Waals surface area contributed by atoms with Crippen molar-refractivity contribution in [2.24, 2.45) is 0 Å². The van der Waals surface area contributed by atoms with Gasteiger partial charge in [-0.3, -0.25) is 0 Å². The molecule has 0 amide bonds. The summed E-state index contributed by atoms with van der Waals surface area (Å²) in [6.07, 6.45) is 3.85. The molecule has 19 heavy (non-hydrogen) atoms. The summed E-state index contributed by atoms with van der Waals surface area (Å²) in [6, 6.07) is 7.82. The van der Waals surface area contributed by atoms with E-state index in [0.717, 1.165) is 0 Å². The predicted molar refractivity (Wildman–Crippen MR) is 84.2 cm³/mol. The molecule has 0 saturated carbocycles. The van der Waals surface area contributed by atoms with Gasteiger partial charge in [-0.25, -0.2) is 0 Å². The van der Waals surface area contributed by atoms with E-state index >= 15 is 0 Å². The molecule has 0 radical (unpaired) electrons. The Hall–Kier alpha value is -1.22. The molecule has 1 aliphatic rings. The number of nitrogens with zero attached hydrogens (tertiary/aromatic N) is 1. The highest BCUT2D eigenvalue weighted by atomic mass is 15.1. The standard InChI is InChI=1S/C16H27N3/c1-12-10-15(19(3)4)7-8-16(12)18-13(2)11-14-6-5-9-17-14/h7-8,10,13-14,17-18H,5-6,9,11H2,1-4H3. The summed E-state index contributed by atoms with van der Waals surface area (Å²) < 4.78 is 0. The van der Waals surface area contributed by atoms with Crippen LogP contribution in [0.1, 0.15) is 31.7 Å². The third kappa shape index (κ3) is 3.87. The van der Waals surface area contributed by atoms with Crippen molar-refractivity contribution in [1.82, 2.24) is 5.32 Å². The second-order valence-electron chi connectivity index (χ2n) is 5.97. The molecular formula is C16H27N3. The van der Waals surface area contributed by atoms with Crippen molar-refractivity contribution in [3.8, 4) is 0 Å². The smallest absolute Gasteiger partial charge is 0.0373 e. The van der Waals surface area contributed by atoms with Gasteiger partial charge >= 0.3 is 0 Å². The van der Waals surface area contributed by atoms with E-state index in [2.05, 4.69) is 61.7 Å². The summed E-state index contributed by atoms with van der Waals surface area (Å²) in [5.74, 6) is 0. The minimum Gasteiger partial charge on any atom is -0.382 e. The zero-order valence-corrected chi connectivity index (χ0v) is 12.7. The fourth-order valence-corrected chi connectivity index (χ4v) is 2.80. The Morgan fingerprint density at radius 1 is 1.42 bits per heavy atom. The van der Waals surface area contributed by atoms with Gasteiger partial charge in [0.05, 0.1) is 0 Å². The summed E-state index contributed by atoms with van der Waals surface area (Å²) in [7, 11) is 4.16. The van der Waals surface area contributed by atoms with E-state index in [1.807, 2.05) is 0 Å². The highest BCUT2D eigenvalue weighted by molar-refractivity contribution is 5.60. The molecule has 1 aromatic rings. The number of aryl methyl sites for hydroxylation is 1. The fourth-order valence-electron chi connectivity index (χ4n) is 2.80. The first-order valence-electron chi connectivity index (χ1n) is 7.34. The molecule has 2 rings (SSSR count). The Bertz CT molecular complexity index is 408. The Morgan fingerprint density at radius 2 is 2.21 bits per heavy atom. The van der Waals surface area contributed by atoms with Crippen LogP contribution in [0.2, 0.25) is 0 Å². The molecule has 2 unspecified atom stereocenters. The van der Waals surface area contributed by atoms with Gasteiger partial charge < -0.3 is 15.5 Å². The molecule has 0 aromatic heterocycles. The van der Waals surface area contributed by atoms with Crippen LogP contribution >= 0.6 is 0 Å². The third-order valence-electron chi connectivity index (χ3n) is 3.93. The first-order chi connectivity index (χ1) is 9.06. The Kier molecular flexibility index (Phi) is 4.70. The maximum Gasteiger partial charge on any atom is 0.0373 e. The first-order valence-corrected chi connectivity index (χ1v) is 7.34. The zero-order valence-electron chi connectivity index (χ0n) is 12.7. The first kappa shape index (κ1) is 14.2. The average molecular weight is 261 g/mol. The summed E-state index contributed by atoms with van der Waals surface area (Å²) >= 11 is 0. The van der Waals surface area contributed by atoms with Crippen molar-refractivity contribution in [3.05, 3.63) is 23.8 Å². The van der Waals surface area contributed by atoms with Crippen LogP contribution in [0.3, 0.4) is 0 Å². The van der Waals surface area contributed by atoms with Crippen molar-refractivity contribution in [2.75, 3.05) is 30.9 Å². The Morgan fingerprint density at radius 3 is 2.79 bits per heavy atom. The van der Waals surface area contributed by atoms with Gasteiger partial charge in [0, 0.05) is 37.6 Å². The number of rotatable bonds is 5. The molecule has 106 valence electrons. The summed E-state index contributed by atoms with van der Waals surface area (Å²) in [6.45, 7) is 5.64. The van der Waals surface area contributed by atoms with E-state index in [0.29, 0.717) is 12.1 Å². The molecule has 0 bridgehead atoms. The molecule has 2 N–H and O–H groups in total. The van der Waals surface area contributed by atoms with Gasteiger partial charge in [0.15, 0.2) is 0 Å². The number of anilines is 2. The number of hydrogen-bond donors (Lipinski definition) is 2. The lowest BCUT2D eigenvalue weighted by molar-refractivity contribution is 0.523. The van der Waals surface area contributed by atoms with Crippen LogP contribution in [0, 0.1) is 6.92 Å². The van der Waals surface area contributed by atoms with Gasteiger partial charge in [-0.15, -0.1) is 0 Å². The van der Waals surface area contributed by atoms with Gasteiger partial charge in [0.2, 0.25) is 0 Å². The van der Waals surface area contributed by atoms with E-state index in [-0.39, 0.29) is 0 Å². The SMILES string of the molecule is Cc1cc(N(C)C)ccc1NC(C)CC1CCCN1. The Balaban J connectivity index is 1.94. The molecule has 3 nitrogen and oxygen atoms in total. The third-order valence-corrected chi connectivity index (χ3v) is 3.93. The van der Waals surface area contributed by atoms with E-state index < -0.39 is 0 Å². The predicted octanol–water partition coefficient (Wildman–Crippen LogP) is 3.00. The van der Waals surface area contributed by atoms with Crippen LogP contribution in [0.15, 0.2) is 18.2 Å². The Labute approximate surface area is 117 Å². The molecule has 0 spiro atoms. The molecule has 2 atom stereocenters. The molecule has 0 aliphatic carbocycles. The van der Waals surface area contributed by atoms with Crippen LogP contribution in [0.25, 0.3) is 0 Å². The van der Waals surface area contributed by atoms with Gasteiger partial charge in [0.1, 0.15) is 0 Å². The average Bonchev–Trinajstić information content (AvgIpc) is 2.84. The number of hydrogen-bond acceptors (Lipinski definition) is 3. The van der Waals surface area contributed by atoms with E-state index in [1.54, 1.807) is 0 Å². The molecule has 1 aliphatic heterocycles. The lowest BCUT2D eigenvalue weighted by Gasteiger charge is -2.22. The molecule has 3 heteroatoms. The van der Waals surface area contributed by atoms with Crippen molar-refractivity contribution < 1.29 is 0 Å². The van der Waals surface area contributed by atoms with Crippen LogP contribution in [0.4, 0.5) is 11.4 Å². The lowest BCUT2D eigenvalue weighted by atomic mass is 10.1. The highest BCUT2D eigenvalue weighted by Crippen LogP contribution is 2.23. The highest BCUT2D eigenvalue weighted by Gasteiger charge is 2.17. The van der Waals surface area contributed by atoms with Crippen LogP contribution in [-0.2, 0) is 0 Å².